The quantitative estimate of drug-likeness (QED) is 0.880. The second-order valence-corrected chi connectivity index (χ2v) is 4.85. The van der Waals surface area contributed by atoms with Crippen LogP contribution >= 0.6 is 11.6 Å². The summed E-state index contributed by atoms with van der Waals surface area (Å²) in [6.07, 6.45) is 1.35. The molecule has 2 aromatic rings. The lowest BCUT2D eigenvalue weighted by Gasteiger charge is -2.07. The fraction of sp³-hybridized carbons (Fsp3) is 0.231. The van der Waals surface area contributed by atoms with Crippen LogP contribution in [0.3, 0.4) is 0 Å². The number of rotatable bonds is 3. The van der Waals surface area contributed by atoms with Crippen molar-refractivity contribution in [2.45, 2.75) is 13.8 Å². The summed E-state index contributed by atoms with van der Waals surface area (Å²) in [5, 5.41) is 3.94. The van der Waals surface area contributed by atoms with E-state index < -0.39 is 5.82 Å². The second-order valence-electron chi connectivity index (χ2n) is 4.45. The van der Waals surface area contributed by atoms with Gasteiger partial charge < -0.3 is 5.73 Å². The summed E-state index contributed by atoms with van der Waals surface area (Å²) in [7, 11) is 0. The highest BCUT2D eigenvalue weighted by molar-refractivity contribution is 6.30. The van der Waals surface area contributed by atoms with Gasteiger partial charge in [0.15, 0.2) is 11.6 Å². The molecule has 0 radical (unpaired) electrons. The molecular formula is C13H13ClFN3O. The van der Waals surface area contributed by atoms with Crippen molar-refractivity contribution in [3.8, 4) is 5.69 Å². The summed E-state index contributed by atoms with van der Waals surface area (Å²) < 4.78 is 15.1. The highest BCUT2D eigenvalue weighted by Gasteiger charge is 2.20. The van der Waals surface area contributed by atoms with Crippen molar-refractivity contribution in [3.05, 3.63) is 40.8 Å². The number of halogens is 2. The minimum absolute atomic E-state index is 0.0239. The van der Waals surface area contributed by atoms with Crippen molar-refractivity contribution in [2.75, 3.05) is 5.73 Å². The lowest BCUT2D eigenvalue weighted by molar-refractivity contribution is 0.0940. The molecule has 1 aromatic heterocycles. The molecule has 0 fully saturated rings. The summed E-state index contributed by atoms with van der Waals surface area (Å²) in [6, 6.07) is 4.51. The van der Waals surface area contributed by atoms with Crippen LogP contribution in [-0.4, -0.2) is 15.6 Å². The Hall–Kier alpha value is -1.88. The minimum Gasteiger partial charge on any atom is -0.383 e. The standard InChI is InChI=1S/C13H13ClFN3O/c1-7(2)12(19)8-6-17-18(13(8)16)10-5-3-4-9(14)11(10)15/h3-7H,16H2,1-2H3. The molecule has 1 aromatic carbocycles. The maximum Gasteiger partial charge on any atom is 0.170 e. The van der Waals surface area contributed by atoms with Crippen molar-refractivity contribution in [3.63, 3.8) is 0 Å². The van der Waals surface area contributed by atoms with Crippen LogP contribution in [0.25, 0.3) is 5.69 Å². The van der Waals surface area contributed by atoms with Gasteiger partial charge in [0.25, 0.3) is 0 Å². The topological polar surface area (TPSA) is 60.9 Å². The average Bonchev–Trinajstić information content (AvgIpc) is 2.73. The van der Waals surface area contributed by atoms with Gasteiger partial charge in [-0.15, -0.1) is 0 Å². The largest absolute Gasteiger partial charge is 0.383 e. The zero-order valence-corrected chi connectivity index (χ0v) is 11.3. The van der Waals surface area contributed by atoms with Gasteiger partial charge in [0.05, 0.1) is 16.8 Å². The van der Waals surface area contributed by atoms with E-state index in [1.54, 1.807) is 19.9 Å². The third-order valence-electron chi connectivity index (χ3n) is 2.76. The first-order valence-corrected chi connectivity index (χ1v) is 6.13. The number of carbonyl (C=O) groups is 1. The first kappa shape index (κ1) is 13.5. The first-order valence-electron chi connectivity index (χ1n) is 5.75. The maximum atomic E-state index is 13.9. The van der Waals surface area contributed by atoms with Crippen LogP contribution in [0.1, 0.15) is 24.2 Å². The van der Waals surface area contributed by atoms with Gasteiger partial charge in [-0.25, -0.2) is 9.07 Å². The zero-order chi connectivity index (χ0) is 14.2. The molecule has 100 valence electrons. The Morgan fingerprint density at radius 1 is 1.47 bits per heavy atom. The predicted molar refractivity (Wildman–Crippen MR) is 72.1 cm³/mol. The van der Waals surface area contributed by atoms with Gasteiger partial charge in [-0.3, -0.25) is 4.79 Å². The molecule has 6 heteroatoms. The van der Waals surface area contributed by atoms with Crippen LogP contribution in [0.2, 0.25) is 5.02 Å². The van der Waals surface area contributed by atoms with E-state index in [1.807, 2.05) is 0 Å². The number of hydrogen-bond acceptors (Lipinski definition) is 3. The van der Waals surface area contributed by atoms with Gasteiger partial charge in [0, 0.05) is 5.92 Å². The summed E-state index contributed by atoms with van der Waals surface area (Å²) in [5.41, 5.74) is 6.27. The molecule has 0 saturated heterocycles. The molecule has 0 saturated carbocycles. The predicted octanol–water partition coefficient (Wildman–Crippen LogP) is 3.09. The van der Waals surface area contributed by atoms with Crippen molar-refractivity contribution < 1.29 is 9.18 Å². The smallest absolute Gasteiger partial charge is 0.170 e. The monoisotopic (exact) mass is 281 g/mol. The van der Waals surface area contributed by atoms with E-state index in [2.05, 4.69) is 5.10 Å². The molecular weight excluding hydrogens is 269 g/mol. The fourth-order valence-corrected chi connectivity index (χ4v) is 1.88. The fourth-order valence-electron chi connectivity index (χ4n) is 1.71. The number of benzene rings is 1. The number of Topliss-reactive ketones (excluding diaryl/α,β-unsaturated/α-hetero) is 1. The summed E-state index contributed by atoms with van der Waals surface area (Å²) >= 11 is 5.71. The van der Waals surface area contributed by atoms with Crippen LogP contribution in [0.5, 0.6) is 0 Å². The molecule has 0 spiro atoms. The lowest BCUT2D eigenvalue weighted by atomic mass is 10.0. The number of hydrogen-bond donors (Lipinski definition) is 1. The number of carbonyl (C=O) groups excluding carboxylic acids is 1. The number of ketones is 1. The molecule has 2 rings (SSSR count). The van der Waals surface area contributed by atoms with Crippen LogP contribution in [-0.2, 0) is 0 Å². The zero-order valence-electron chi connectivity index (χ0n) is 10.5. The van der Waals surface area contributed by atoms with E-state index in [0.29, 0.717) is 0 Å². The Labute approximate surface area is 115 Å². The highest BCUT2D eigenvalue weighted by Crippen LogP contribution is 2.25. The lowest BCUT2D eigenvalue weighted by Crippen LogP contribution is -2.11. The van der Waals surface area contributed by atoms with E-state index >= 15 is 0 Å². The Morgan fingerprint density at radius 2 is 2.16 bits per heavy atom. The first-order chi connectivity index (χ1) is 8.93. The Morgan fingerprint density at radius 3 is 2.79 bits per heavy atom. The van der Waals surface area contributed by atoms with E-state index in [9.17, 15) is 9.18 Å². The molecule has 0 unspecified atom stereocenters. The van der Waals surface area contributed by atoms with Crippen LogP contribution in [0.15, 0.2) is 24.4 Å². The van der Waals surface area contributed by atoms with E-state index in [-0.39, 0.29) is 33.8 Å². The maximum absolute atomic E-state index is 13.9. The van der Waals surface area contributed by atoms with Crippen molar-refractivity contribution in [2.24, 2.45) is 5.92 Å². The molecule has 0 amide bonds. The Kier molecular flexibility index (Phi) is 3.57. The molecule has 2 N–H and O–H groups in total. The average molecular weight is 282 g/mol. The SMILES string of the molecule is CC(C)C(=O)c1cnn(-c2cccc(Cl)c2F)c1N. The molecule has 0 atom stereocenters. The van der Waals surface area contributed by atoms with E-state index in [0.717, 1.165) is 0 Å². The van der Waals surface area contributed by atoms with Gasteiger partial charge in [-0.1, -0.05) is 31.5 Å². The minimum atomic E-state index is -0.623. The van der Waals surface area contributed by atoms with Gasteiger partial charge in [-0.05, 0) is 12.1 Å². The van der Waals surface area contributed by atoms with E-state index in [1.165, 1.54) is 23.0 Å². The number of aromatic nitrogens is 2. The van der Waals surface area contributed by atoms with Crippen LogP contribution in [0.4, 0.5) is 10.2 Å². The van der Waals surface area contributed by atoms with E-state index in [4.69, 9.17) is 17.3 Å². The molecule has 1 heterocycles. The van der Waals surface area contributed by atoms with Gasteiger partial charge in [0.1, 0.15) is 11.5 Å². The van der Waals surface area contributed by atoms with Crippen LogP contribution < -0.4 is 5.73 Å². The van der Waals surface area contributed by atoms with Gasteiger partial charge >= 0.3 is 0 Å². The molecule has 19 heavy (non-hydrogen) atoms. The summed E-state index contributed by atoms with van der Waals surface area (Å²) in [6.45, 7) is 3.53. The highest BCUT2D eigenvalue weighted by atomic mass is 35.5. The number of nitrogens with two attached hydrogens (primary N) is 1. The van der Waals surface area contributed by atoms with Crippen molar-refractivity contribution in [1.29, 1.82) is 0 Å². The number of anilines is 1. The van der Waals surface area contributed by atoms with Crippen molar-refractivity contribution >= 4 is 23.2 Å². The Bertz CT molecular complexity index is 637. The summed E-state index contributed by atoms with van der Waals surface area (Å²) in [5.74, 6) is -0.849. The van der Waals surface area contributed by atoms with Gasteiger partial charge in [-0.2, -0.15) is 5.10 Å². The van der Waals surface area contributed by atoms with Crippen molar-refractivity contribution in [1.82, 2.24) is 9.78 Å². The molecule has 0 aliphatic rings. The number of nitrogens with zero attached hydrogens (tertiary/aromatic N) is 2. The molecule has 4 nitrogen and oxygen atoms in total. The third kappa shape index (κ3) is 2.33. The molecule has 0 aliphatic carbocycles. The number of nitrogen functional groups attached to an aromatic ring is 1. The van der Waals surface area contributed by atoms with Crippen LogP contribution in [0, 0.1) is 11.7 Å². The second kappa shape index (κ2) is 5.01. The molecule has 0 bridgehead atoms. The normalized spacial score (nSPS) is 11.0. The van der Waals surface area contributed by atoms with Gasteiger partial charge in [0.2, 0.25) is 0 Å². The summed E-state index contributed by atoms with van der Waals surface area (Å²) in [4.78, 5) is 11.9. The Balaban J connectivity index is 2.54. The third-order valence-corrected chi connectivity index (χ3v) is 3.05. The molecule has 0 aliphatic heterocycles.